The lowest BCUT2D eigenvalue weighted by atomic mass is 10.1. The highest BCUT2D eigenvalue weighted by Crippen LogP contribution is 2.34. The van der Waals surface area contributed by atoms with Gasteiger partial charge in [-0.05, 0) is 13.0 Å². The molecule has 0 bridgehead atoms. The Balaban J connectivity index is 3.32. The van der Waals surface area contributed by atoms with Gasteiger partial charge in [0, 0.05) is 17.7 Å². The predicted octanol–water partition coefficient (Wildman–Crippen LogP) is 1.90. The number of carboxylic acids is 1. The van der Waals surface area contributed by atoms with Crippen molar-refractivity contribution in [3.63, 3.8) is 0 Å². The number of methoxy groups -OCH3 is 2. The number of benzene rings is 1. The van der Waals surface area contributed by atoms with Crippen LogP contribution in [0, 0.1) is 0 Å². The molecule has 0 radical (unpaired) electrons. The van der Waals surface area contributed by atoms with Crippen LogP contribution in [0.5, 0.6) is 17.2 Å². The average Bonchev–Trinajstić information content (AvgIpc) is 2.30. The van der Waals surface area contributed by atoms with Gasteiger partial charge in [0.15, 0.2) is 0 Å². The van der Waals surface area contributed by atoms with Crippen LogP contribution in [-0.2, 0) is 4.79 Å². The molecule has 0 aliphatic rings. The molecule has 0 aliphatic heterocycles. The van der Waals surface area contributed by atoms with Crippen LogP contribution in [0.2, 0.25) is 0 Å². The van der Waals surface area contributed by atoms with Gasteiger partial charge in [-0.3, -0.25) is 0 Å². The van der Waals surface area contributed by atoms with Crippen LogP contribution in [0.15, 0.2) is 17.7 Å². The van der Waals surface area contributed by atoms with Crippen LogP contribution in [0.3, 0.4) is 0 Å². The van der Waals surface area contributed by atoms with E-state index >= 15 is 0 Å². The van der Waals surface area contributed by atoms with Crippen molar-refractivity contribution in [2.75, 3.05) is 14.2 Å². The van der Waals surface area contributed by atoms with Crippen molar-refractivity contribution in [2.24, 2.45) is 0 Å². The summed E-state index contributed by atoms with van der Waals surface area (Å²) in [5.74, 6) is -0.365. The Labute approximate surface area is 98.9 Å². The summed E-state index contributed by atoms with van der Waals surface area (Å²) in [6.45, 7) is 1.44. The molecule has 5 heteroatoms. The standard InChI is InChI=1S/C12H14O5/c1-7(12(14)15)4-9-10(13)5-8(16-2)6-11(9)17-3/h4-6,13H,1-3H3,(H,14,15). The van der Waals surface area contributed by atoms with E-state index in [1.165, 1.54) is 33.3 Å². The second-order valence-electron chi connectivity index (χ2n) is 3.39. The van der Waals surface area contributed by atoms with E-state index in [0.717, 1.165) is 0 Å². The Bertz CT molecular complexity index is 462. The smallest absolute Gasteiger partial charge is 0.331 e. The van der Waals surface area contributed by atoms with Gasteiger partial charge in [-0.15, -0.1) is 0 Å². The van der Waals surface area contributed by atoms with Gasteiger partial charge in [-0.25, -0.2) is 4.79 Å². The third-order valence-electron chi connectivity index (χ3n) is 2.25. The Kier molecular flexibility index (Phi) is 3.98. The number of aliphatic carboxylic acids is 1. The van der Waals surface area contributed by atoms with E-state index in [1.807, 2.05) is 0 Å². The first-order chi connectivity index (χ1) is 7.99. The molecule has 0 atom stereocenters. The first kappa shape index (κ1) is 12.9. The fourth-order valence-corrected chi connectivity index (χ4v) is 1.30. The SMILES string of the molecule is COc1cc(O)c(C=C(C)C(=O)O)c(OC)c1. The van der Waals surface area contributed by atoms with E-state index in [-0.39, 0.29) is 11.3 Å². The quantitative estimate of drug-likeness (QED) is 0.783. The summed E-state index contributed by atoms with van der Waals surface area (Å²) < 4.78 is 10.0. The summed E-state index contributed by atoms with van der Waals surface area (Å²) in [7, 11) is 2.90. The minimum atomic E-state index is -1.05. The number of carbonyl (C=O) groups is 1. The highest BCUT2D eigenvalue weighted by molar-refractivity contribution is 5.92. The van der Waals surface area contributed by atoms with Crippen molar-refractivity contribution in [3.8, 4) is 17.2 Å². The Morgan fingerprint density at radius 2 is 1.94 bits per heavy atom. The molecule has 0 aliphatic carbocycles. The number of phenolic OH excluding ortho intramolecular Hbond substituents is 1. The molecule has 0 saturated heterocycles. The molecular formula is C12H14O5. The van der Waals surface area contributed by atoms with Crippen molar-refractivity contribution in [2.45, 2.75) is 6.92 Å². The summed E-state index contributed by atoms with van der Waals surface area (Å²) in [4.78, 5) is 10.7. The minimum absolute atomic E-state index is 0.0956. The summed E-state index contributed by atoms with van der Waals surface area (Å²) in [6, 6.07) is 2.96. The molecular weight excluding hydrogens is 224 g/mol. The zero-order valence-corrected chi connectivity index (χ0v) is 9.85. The number of phenols is 1. The number of hydrogen-bond acceptors (Lipinski definition) is 4. The number of rotatable bonds is 4. The predicted molar refractivity (Wildman–Crippen MR) is 62.5 cm³/mol. The second kappa shape index (κ2) is 5.25. The molecule has 92 valence electrons. The number of aromatic hydroxyl groups is 1. The third kappa shape index (κ3) is 2.90. The number of ether oxygens (including phenoxy) is 2. The average molecular weight is 238 g/mol. The fourth-order valence-electron chi connectivity index (χ4n) is 1.30. The van der Waals surface area contributed by atoms with Gasteiger partial charge in [0.1, 0.15) is 17.2 Å². The molecule has 1 aromatic carbocycles. The fraction of sp³-hybridized carbons (Fsp3) is 0.250. The Morgan fingerprint density at radius 1 is 1.29 bits per heavy atom. The molecule has 1 aromatic rings. The van der Waals surface area contributed by atoms with Crippen LogP contribution >= 0.6 is 0 Å². The topological polar surface area (TPSA) is 76.0 Å². The molecule has 0 aromatic heterocycles. The maximum Gasteiger partial charge on any atom is 0.331 e. The second-order valence-corrected chi connectivity index (χ2v) is 3.39. The minimum Gasteiger partial charge on any atom is -0.507 e. The van der Waals surface area contributed by atoms with Crippen molar-refractivity contribution in [1.29, 1.82) is 0 Å². The molecule has 1 rings (SSSR count). The van der Waals surface area contributed by atoms with E-state index in [2.05, 4.69) is 0 Å². The molecule has 2 N–H and O–H groups in total. The van der Waals surface area contributed by atoms with E-state index in [0.29, 0.717) is 17.1 Å². The molecule has 17 heavy (non-hydrogen) atoms. The first-order valence-corrected chi connectivity index (χ1v) is 4.86. The van der Waals surface area contributed by atoms with Crippen LogP contribution in [0.25, 0.3) is 6.08 Å². The van der Waals surface area contributed by atoms with Gasteiger partial charge in [0.05, 0.1) is 19.8 Å². The molecule has 0 amide bonds. The Morgan fingerprint density at radius 3 is 2.41 bits per heavy atom. The van der Waals surface area contributed by atoms with Crippen LogP contribution in [0.1, 0.15) is 12.5 Å². The van der Waals surface area contributed by atoms with Crippen LogP contribution < -0.4 is 9.47 Å². The summed E-state index contributed by atoms with van der Waals surface area (Å²) in [5.41, 5.74) is 0.414. The lowest BCUT2D eigenvalue weighted by molar-refractivity contribution is -0.132. The van der Waals surface area contributed by atoms with Crippen LogP contribution in [-0.4, -0.2) is 30.4 Å². The maximum atomic E-state index is 10.7. The van der Waals surface area contributed by atoms with E-state index in [9.17, 15) is 9.90 Å². The lowest BCUT2D eigenvalue weighted by Crippen LogP contribution is -1.97. The van der Waals surface area contributed by atoms with Gasteiger partial charge in [-0.1, -0.05) is 0 Å². The highest BCUT2D eigenvalue weighted by atomic mass is 16.5. The third-order valence-corrected chi connectivity index (χ3v) is 2.25. The monoisotopic (exact) mass is 238 g/mol. The molecule has 5 nitrogen and oxygen atoms in total. The normalized spacial score (nSPS) is 11.1. The molecule has 0 saturated carbocycles. The summed E-state index contributed by atoms with van der Waals surface area (Å²) >= 11 is 0. The van der Waals surface area contributed by atoms with Crippen molar-refractivity contribution in [3.05, 3.63) is 23.3 Å². The molecule has 0 unspecified atom stereocenters. The number of carboxylic acid groups (broad SMARTS) is 1. The van der Waals surface area contributed by atoms with Gasteiger partial charge in [-0.2, -0.15) is 0 Å². The largest absolute Gasteiger partial charge is 0.507 e. The molecule has 0 heterocycles. The highest BCUT2D eigenvalue weighted by Gasteiger charge is 2.11. The van der Waals surface area contributed by atoms with E-state index in [1.54, 1.807) is 6.07 Å². The maximum absolute atomic E-state index is 10.7. The Hall–Kier alpha value is -2.17. The summed E-state index contributed by atoms with van der Waals surface area (Å²) in [5, 5.41) is 18.6. The van der Waals surface area contributed by atoms with Crippen molar-refractivity contribution in [1.82, 2.24) is 0 Å². The van der Waals surface area contributed by atoms with Crippen molar-refractivity contribution < 1.29 is 24.5 Å². The zero-order valence-electron chi connectivity index (χ0n) is 9.85. The first-order valence-electron chi connectivity index (χ1n) is 4.86. The van der Waals surface area contributed by atoms with Gasteiger partial charge in [0.2, 0.25) is 0 Å². The molecule has 0 fully saturated rings. The van der Waals surface area contributed by atoms with E-state index in [4.69, 9.17) is 14.6 Å². The number of hydrogen-bond donors (Lipinski definition) is 2. The van der Waals surface area contributed by atoms with Gasteiger partial charge < -0.3 is 19.7 Å². The van der Waals surface area contributed by atoms with Crippen LogP contribution in [0.4, 0.5) is 0 Å². The van der Waals surface area contributed by atoms with Crippen molar-refractivity contribution >= 4 is 12.0 Å². The summed E-state index contributed by atoms with van der Waals surface area (Å²) in [6.07, 6.45) is 1.34. The molecule has 0 spiro atoms. The van der Waals surface area contributed by atoms with Gasteiger partial charge in [0.25, 0.3) is 0 Å². The lowest BCUT2D eigenvalue weighted by Gasteiger charge is -2.10. The zero-order chi connectivity index (χ0) is 13.0. The van der Waals surface area contributed by atoms with Gasteiger partial charge >= 0.3 is 5.97 Å². The van der Waals surface area contributed by atoms with E-state index < -0.39 is 5.97 Å².